The Bertz CT molecular complexity index is 1090. The second kappa shape index (κ2) is 8.07. The standard InChI is InChI=1S/C23H26N6O3/c30-21-11-17(29-7-1-5-24-29)3-4-19(21)20-12-22-23(27-26-20)28(6-2-8-32-22)18-9-15-13-31-14-16(10-18)25-15/h1,3-5,7,11-12,15-16,18,25,30H,2,6,8-10,13-14H2/t15-,16+,18+. The van der Waals surface area contributed by atoms with E-state index in [2.05, 4.69) is 25.5 Å². The summed E-state index contributed by atoms with van der Waals surface area (Å²) in [6.07, 6.45) is 6.52. The fourth-order valence-corrected chi connectivity index (χ4v) is 5.05. The summed E-state index contributed by atoms with van der Waals surface area (Å²) in [5, 5.41) is 27.6. The van der Waals surface area contributed by atoms with E-state index in [-0.39, 0.29) is 5.75 Å². The number of nitrogens with one attached hydrogen (secondary N) is 1. The molecule has 3 aromatic rings. The number of rotatable bonds is 3. The van der Waals surface area contributed by atoms with Crippen LogP contribution in [0, 0.1) is 0 Å². The highest BCUT2D eigenvalue weighted by molar-refractivity contribution is 5.71. The molecule has 2 bridgehead atoms. The Balaban J connectivity index is 1.31. The highest BCUT2D eigenvalue weighted by Crippen LogP contribution is 2.37. The first-order valence-electron chi connectivity index (χ1n) is 11.2. The lowest BCUT2D eigenvalue weighted by atomic mass is 9.91. The molecule has 9 heteroatoms. The topological polar surface area (TPSA) is 97.6 Å². The Kier molecular flexibility index (Phi) is 4.92. The Hall–Kier alpha value is -3.17. The van der Waals surface area contributed by atoms with E-state index in [1.165, 1.54) is 0 Å². The molecule has 0 saturated carbocycles. The van der Waals surface area contributed by atoms with E-state index in [1.54, 1.807) is 16.9 Å². The number of aromatic nitrogens is 4. The van der Waals surface area contributed by atoms with Crippen molar-refractivity contribution in [3.05, 3.63) is 42.7 Å². The third-order valence-corrected chi connectivity index (χ3v) is 6.50. The van der Waals surface area contributed by atoms with Crippen LogP contribution < -0.4 is 15.0 Å². The number of morpholine rings is 1. The molecule has 0 spiro atoms. The van der Waals surface area contributed by atoms with Crippen LogP contribution in [-0.4, -0.2) is 69.6 Å². The van der Waals surface area contributed by atoms with Gasteiger partial charge >= 0.3 is 0 Å². The van der Waals surface area contributed by atoms with Gasteiger partial charge in [0, 0.05) is 54.8 Å². The Labute approximate surface area is 186 Å². The minimum atomic E-state index is 0.129. The van der Waals surface area contributed by atoms with Gasteiger partial charge in [-0.05, 0) is 37.5 Å². The number of phenolic OH excluding ortho intramolecular Hbond substituents is 1. The van der Waals surface area contributed by atoms with Gasteiger partial charge in [0.05, 0.1) is 25.5 Å². The number of anilines is 1. The number of ether oxygens (including phenoxy) is 2. The predicted molar refractivity (Wildman–Crippen MR) is 118 cm³/mol. The van der Waals surface area contributed by atoms with Crippen LogP contribution >= 0.6 is 0 Å². The van der Waals surface area contributed by atoms with Gasteiger partial charge in [0.2, 0.25) is 0 Å². The van der Waals surface area contributed by atoms with Gasteiger partial charge in [-0.15, -0.1) is 10.2 Å². The fraction of sp³-hybridized carbons (Fsp3) is 0.435. The van der Waals surface area contributed by atoms with Crippen molar-refractivity contribution in [2.24, 2.45) is 0 Å². The van der Waals surface area contributed by atoms with Gasteiger partial charge in [-0.2, -0.15) is 5.10 Å². The normalized spacial score (nSPS) is 25.0. The van der Waals surface area contributed by atoms with Crippen molar-refractivity contribution in [1.82, 2.24) is 25.3 Å². The minimum absolute atomic E-state index is 0.129. The first kappa shape index (κ1) is 19.5. The van der Waals surface area contributed by atoms with E-state index in [1.807, 2.05) is 30.5 Å². The second-order valence-electron chi connectivity index (χ2n) is 8.69. The van der Waals surface area contributed by atoms with Crippen molar-refractivity contribution in [3.8, 4) is 28.4 Å². The van der Waals surface area contributed by atoms with Crippen LogP contribution in [0.15, 0.2) is 42.7 Å². The van der Waals surface area contributed by atoms with E-state index in [0.717, 1.165) is 56.3 Å². The number of phenols is 1. The maximum Gasteiger partial charge on any atom is 0.194 e. The lowest BCUT2D eigenvalue weighted by Gasteiger charge is -2.44. The van der Waals surface area contributed by atoms with Crippen molar-refractivity contribution in [3.63, 3.8) is 0 Å². The molecule has 6 rings (SSSR count). The molecular formula is C23H26N6O3. The van der Waals surface area contributed by atoms with Crippen LogP contribution in [0.2, 0.25) is 0 Å². The summed E-state index contributed by atoms with van der Waals surface area (Å²) < 4.78 is 13.5. The van der Waals surface area contributed by atoms with Gasteiger partial charge in [-0.3, -0.25) is 0 Å². The number of aromatic hydroxyl groups is 1. The maximum absolute atomic E-state index is 10.7. The number of piperidine rings is 1. The number of hydrogen-bond donors (Lipinski definition) is 2. The largest absolute Gasteiger partial charge is 0.507 e. The van der Waals surface area contributed by atoms with Gasteiger partial charge in [0.15, 0.2) is 11.6 Å². The molecule has 0 amide bonds. The zero-order valence-corrected chi connectivity index (χ0v) is 17.7. The first-order valence-corrected chi connectivity index (χ1v) is 11.2. The SMILES string of the molecule is Oc1cc(-n2cccn2)ccc1-c1cc2c(nn1)N([C@@H]1C[C@H]3COC[C@@H](C1)N3)CCCO2. The molecule has 0 aliphatic carbocycles. The molecule has 9 nitrogen and oxygen atoms in total. The monoisotopic (exact) mass is 434 g/mol. The van der Waals surface area contributed by atoms with Crippen LogP contribution in [0.4, 0.5) is 5.82 Å². The molecule has 2 saturated heterocycles. The summed E-state index contributed by atoms with van der Waals surface area (Å²) in [5.74, 6) is 1.65. The molecule has 2 N–H and O–H groups in total. The molecule has 32 heavy (non-hydrogen) atoms. The molecule has 5 heterocycles. The summed E-state index contributed by atoms with van der Waals surface area (Å²) in [7, 11) is 0. The quantitative estimate of drug-likeness (QED) is 0.647. The van der Waals surface area contributed by atoms with Crippen LogP contribution in [0.3, 0.4) is 0 Å². The molecule has 0 unspecified atom stereocenters. The van der Waals surface area contributed by atoms with E-state index < -0.39 is 0 Å². The minimum Gasteiger partial charge on any atom is -0.507 e. The summed E-state index contributed by atoms with van der Waals surface area (Å²) >= 11 is 0. The predicted octanol–water partition coefficient (Wildman–Crippen LogP) is 2.14. The average Bonchev–Trinajstić information content (AvgIpc) is 3.26. The Morgan fingerprint density at radius 2 is 1.97 bits per heavy atom. The van der Waals surface area contributed by atoms with Crippen LogP contribution in [0.25, 0.3) is 16.9 Å². The first-order chi connectivity index (χ1) is 15.7. The van der Waals surface area contributed by atoms with Gasteiger partial charge < -0.3 is 24.8 Å². The van der Waals surface area contributed by atoms with Gasteiger partial charge in [0.25, 0.3) is 0 Å². The lowest BCUT2D eigenvalue weighted by Crippen LogP contribution is -2.59. The van der Waals surface area contributed by atoms with Crippen molar-refractivity contribution < 1.29 is 14.6 Å². The Morgan fingerprint density at radius 1 is 1.09 bits per heavy atom. The highest BCUT2D eigenvalue weighted by atomic mass is 16.5. The smallest absolute Gasteiger partial charge is 0.194 e. The lowest BCUT2D eigenvalue weighted by molar-refractivity contribution is 0.0178. The zero-order chi connectivity index (χ0) is 21.5. The average molecular weight is 435 g/mol. The molecule has 2 aromatic heterocycles. The molecule has 3 aliphatic rings. The van der Waals surface area contributed by atoms with Crippen molar-refractivity contribution in [1.29, 1.82) is 0 Å². The van der Waals surface area contributed by atoms with E-state index in [0.29, 0.717) is 36.0 Å². The number of nitrogens with zero attached hydrogens (tertiary/aromatic N) is 5. The van der Waals surface area contributed by atoms with Crippen molar-refractivity contribution >= 4 is 5.82 Å². The number of fused-ring (bicyclic) bond motifs is 3. The van der Waals surface area contributed by atoms with Gasteiger partial charge in [0.1, 0.15) is 11.4 Å². The third-order valence-electron chi connectivity index (χ3n) is 6.50. The maximum atomic E-state index is 10.7. The third kappa shape index (κ3) is 3.57. The van der Waals surface area contributed by atoms with Crippen LogP contribution in [0.1, 0.15) is 19.3 Å². The van der Waals surface area contributed by atoms with E-state index in [4.69, 9.17) is 9.47 Å². The van der Waals surface area contributed by atoms with E-state index in [9.17, 15) is 5.11 Å². The molecular weight excluding hydrogens is 408 g/mol. The summed E-state index contributed by atoms with van der Waals surface area (Å²) in [5.41, 5.74) is 1.98. The summed E-state index contributed by atoms with van der Waals surface area (Å²) in [4.78, 5) is 2.37. The van der Waals surface area contributed by atoms with E-state index >= 15 is 0 Å². The summed E-state index contributed by atoms with van der Waals surface area (Å²) in [6, 6.07) is 10.3. The Morgan fingerprint density at radius 3 is 2.75 bits per heavy atom. The zero-order valence-electron chi connectivity index (χ0n) is 17.7. The molecule has 3 atom stereocenters. The van der Waals surface area contributed by atoms with Crippen LogP contribution in [-0.2, 0) is 4.74 Å². The highest BCUT2D eigenvalue weighted by Gasteiger charge is 2.36. The van der Waals surface area contributed by atoms with Crippen molar-refractivity contribution in [2.75, 3.05) is 31.3 Å². The fourth-order valence-electron chi connectivity index (χ4n) is 5.05. The molecule has 1 aromatic carbocycles. The van der Waals surface area contributed by atoms with Crippen LogP contribution in [0.5, 0.6) is 11.5 Å². The summed E-state index contributed by atoms with van der Waals surface area (Å²) in [6.45, 7) is 3.07. The van der Waals surface area contributed by atoms with Gasteiger partial charge in [-0.25, -0.2) is 4.68 Å². The molecule has 166 valence electrons. The number of hydrogen-bond acceptors (Lipinski definition) is 8. The van der Waals surface area contributed by atoms with Crippen molar-refractivity contribution in [2.45, 2.75) is 37.4 Å². The molecule has 3 aliphatic heterocycles. The molecule has 0 radical (unpaired) electrons. The van der Waals surface area contributed by atoms with Gasteiger partial charge in [-0.1, -0.05) is 0 Å². The molecule has 2 fully saturated rings. The number of benzene rings is 1. The second-order valence-corrected chi connectivity index (χ2v) is 8.69.